The standard InChI is InChI=1S/C9H8Br2N2O/c10-7-3-5(4-12-8(7)11)9(14)13-6-1-2-6/h3-4,6H,1-2H2,(H,13,14). The molecule has 0 atom stereocenters. The molecule has 0 radical (unpaired) electrons. The van der Waals surface area contributed by atoms with Crippen LogP contribution in [0.2, 0.25) is 0 Å². The summed E-state index contributed by atoms with van der Waals surface area (Å²) in [4.78, 5) is 15.6. The average Bonchev–Trinajstić information content (AvgIpc) is 2.93. The van der Waals surface area contributed by atoms with Crippen LogP contribution in [0.4, 0.5) is 0 Å². The van der Waals surface area contributed by atoms with Gasteiger partial charge in [0, 0.05) is 12.2 Å². The molecule has 1 aromatic heterocycles. The fourth-order valence-electron chi connectivity index (χ4n) is 1.04. The summed E-state index contributed by atoms with van der Waals surface area (Å²) in [5, 5.41) is 2.90. The lowest BCUT2D eigenvalue weighted by molar-refractivity contribution is 0.0950. The SMILES string of the molecule is O=C(NC1CC1)c1cnc(Br)c(Br)c1. The quantitative estimate of drug-likeness (QED) is 0.851. The van der Waals surface area contributed by atoms with Crippen molar-refractivity contribution in [1.82, 2.24) is 10.3 Å². The minimum atomic E-state index is -0.0480. The lowest BCUT2D eigenvalue weighted by Crippen LogP contribution is -2.25. The van der Waals surface area contributed by atoms with Crippen LogP contribution < -0.4 is 5.32 Å². The molecule has 1 aliphatic carbocycles. The monoisotopic (exact) mass is 318 g/mol. The van der Waals surface area contributed by atoms with E-state index in [0.29, 0.717) is 16.2 Å². The van der Waals surface area contributed by atoms with Gasteiger partial charge in [0.2, 0.25) is 0 Å². The van der Waals surface area contributed by atoms with Crippen molar-refractivity contribution in [3.8, 4) is 0 Å². The summed E-state index contributed by atoms with van der Waals surface area (Å²) in [6.07, 6.45) is 3.75. The number of hydrogen-bond acceptors (Lipinski definition) is 2. The topological polar surface area (TPSA) is 42.0 Å². The van der Waals surface area contributed by atoms with Crippen LogP contribution in [0.3, 0.4) is 0 Å². The molecule has 1 aliphatic rings. The molecule has 1 heterocycles. The first-order valence-corrected chi connectivity index (χ1v) is 5.87. The van der Waals surface area contributed by atoms with Crippen LogP contribution >= 0.6 is 31.9 Å². The highest BCUT2D eigenvalue weighted by molar-refractivity contribution is 9.13. The first-order valence-electron chi connectivity index (χ1n) is 4.29. The number of carbonyl (C=O) groups is 1. The van der Waals surface area contributed by atoms with Gasteiger partial charge in [0.05, 0.1) is 10.0 Å². The number of nitrogens with zero attached hydrogens (tertiary/aromatic N) is 1. The Labute approximate surface area is 98.6 Å². The van der Waals surface area contributed by atoms with Crippen molar-refractivity contribution in [2.75, 3.05) is 0 Å². The molecule has 1 saturated carbocycles. The number of halogens is 2. The third-order valence-electron chi connectivity index (χ3n) is 1.97. The Balaban J connectivity index is 2.14. The van der Waals surface area contributed by atoms with Crippen LogP contribution in [-0.2, 0) is 0 Å². The number of pyridine rings is 1. The first-order chi connectivity index (χ1) is 6.66. The molecule has 2 rings (SSSR count). The molecule has 74 valence electrons. The van der Waals surface area contributed by atoms with Gasteiger partial charge in [-0.05, 0) is 50.8 Å². The van der Waals surface area contributed by atoms with Gasteiger partial charge in [-0.1, -0.05) is 0 Å². The Morgan fingerprint density at radius 3 is 2.79 bits per heavy atom. The smallest absolute Gasteiger partial charge is 0.253 e. The largest absolute Gasteiger partial charge is 0.349 e. The van der Waals surface area contributed by atoms with Crippen molar-refractivity contribution in [2.45, 2.75) is 18.9 Å². The lowest BCUT2D eigenvalue weighted by Gasteiger charge is -2.03. The molecule has 0 saturated heterocycles. The molecular formula is C9H8Br2N2O. The predicted molar refractivity (Wildman–Crippen MR) is 60.1 cm³/mol. The molecule has 1 amide bonds. The van der Waals surface area contributed by atoms with Gasteiger partial charge in [-0.2, -0.15) is 0 Å². The van der Waals surface area contributed by atoms with E-state index in [4.69, 9.17) is 0 Å². The molecule has 1 fully saturated rings. The number of rotatable bonds is 2. The van der Waals surface area contributed by atoms with Crippen molar-refractivity contribution < 1.29 is 4.79 Å². The maximum Gasteiger partial charge on any atom is 0.253 e. The Morgan fingerprint density at radius 2 is 2.21 bits per heavy atom. The number of carbonyl (C=O) groups excluding carboxylic acids is 1. The number of hydrogen-bond donors (Lipinski definition) is 1. The third-order valence-corrected chi connectivity index (χ3v) is 3.74. The van der Waals surface area contributed by atoms with E-state index < -0.39 is 0 Å². The van der Waals surface area contributed by atoms with Crippen molar-refractivity contribution in [3.05, 3.63) is 26.9 Å². The van der Waals surface area contributed by atoms with Crippen molar-refractivity contribution in [1.29, 1.82) is 0 Å². The van der Waals surface area contributed by atoms with Crippen LogP contribution in [0.15, 0.2) is 21.3 Å². The van der Waals surface area contributed by atoms with E-state index in [9.17, 15) is 4.79 Å². The van der Waals surface area contributed by atoms with Gasteiger partial charge in [-0.25, -0.2) is 4.98 Å². The van der Waals surface area contributed by atoms with E-state index in [1.807, 2.05) is 0 Å². The number of aromatic nitrogens is 1. The third kappa shape index (κ3) is 2.33. The zero-order chi connectivity index (χ0) is 10.1. The van der Waals surface area contributed by atoms with Gasteiger partial charge < -0.3 is 5.32 Å². The van der Waals surface area contributed by atoms with Gasteiger partial charge in [0.1, 0.15) is 4.60 Å². The van der Waals surface area contributed by atoms with Gasteiger partial charge in [-0.15, -0.1) is 0 Å². The second-order valence-electron chi connectivity index (χ2n) is 3.24. The van der Waals surface area contributed by atoms with Crippen LogP contribution in [0.1, 0.15) is 23.2 Å². The second kappa shape index (κ2) is 3.98. The van der Waals surface area contributed by atoms with Gasteiger partial charge in [0.15, 0.2) is 0 Å². The molecule has 3 nitrogen and oxygen atoms in total. The highest BCUT2D eigenvalue weighted by atomic mass is 79.9. The van der Waals surface area contributed by atoms with Gasteiger partial charge in [0.25, 0.3) is 5.91 Å². The number of amides is 1. The summed E-state index contributed by atoms with van der Waals surface area (Å²) >= 11 is 6.56. The minimum absolute atomic E-state index is 0.0480. The maximum absolute atomic E-state index is 11.6. The second-order valence-corrected chi connectivity index (χ2v) is 4.85. The van der Waals surface area contributed by atoms with Crippen LogP contribution in [0.25, 0.3) is 0 Å². The van der Waals surface area contributed by atoms with Crippen molar-refractivity contribution >= 4 is 37.8 Å². The molecule has 1 aromatic rings. The Kier molecular flexibility index (Phi) is 2.88. The summed E-state index contributed by atoms with van der Waals surface area (Å²) in [6.45, 7) is 0. The van der Waals surface area contributed by atoms with Crippen LogP contribution in [0, 0.1) is 0 Å². The molecule has 0 spiro atoms. The van der Waals surface area contributed by atoms with Gasteiger partial charge in [-0.3, -0.25) is 4.79 Å². The lowest BCUT2D eigenvalue weighted by atomic mass is 10.3. The van der Waals surface area contributed by atoms with E-state index in [1.54, 1.807) is 12.3 Å². The summed E-state index contributed by atoms with van der Waals surface area (Å²) in [5.74, 6) is -0.0480. The summed E-state index contributed by atoms with van der Waals surface area (Å²) < 4.78 is 1.50. The predicted octanol–water partition coefficient (Wildman–Crippen LogP) is 2.50. The Hall–Kier alpha value is -0.420. The summed E-state index contributed by atoms with van der Waals surface area (Å²) in [7, 11) is 0. The van der Waals surface area contributed by atoms with E-state index in [-0.39, 0.29) is 5.91 Å². The Morgan fingerprint density at radius 1 is 1.50 bits per heavy atom. The Bertz CT molecular complexity index is 377. The highest BCUT2D eigenvalue weighted by Crippen LogP contribution is 2.22. The highest BCUT2D eigenvalue weighted by Gasteiger charge is 2.24. The average molecular weight is 320 g/mol. The van der Waals surface area contributed by atoms with Crippen molar-refractivity contribution in [2.24, 2.45) is 0 Å². The fraction of sp³-hybridized carbons (Fsp3) is 0.333. The summed E-state index contributed by atoms with van der Waals surface area (Å²) in [5.41, 5.74) is 0.590. The minimum Gasteiger partial charge on any atom is -0.349 e. The van der Waals surface area contributed by atoms with Crippen LogP contribution in [-0.4, -0.2) is 16.9 Å². The molecule has 14 heavy (non-hydrogen) atoms. The molecule has 1 N–H and O–H groups in total. The molecule has 5 heteroatoms. The zero-order valence-electron chi connectivity index (χ0n) is 7.26. The van der Waals surface area contributed by atoms with E-state index in [1.165, 1.54) is 0 Å². The molecule has 0 bridgehead atoms. The molecule has 0 aromatic carbocycles. The van der Waals surface area contributed by atoms with E-state index in [2.05, 4.69) is 42.2 Å². The maximum atomic E-state index is 11.6. The number of nitrogens with one attached hydrogen (secondary N) is 1. The molecule has 0 unspecified atom stereocenters. The van der Waals surface area contributed by atoms with E-state index in [0.717, 1.165) is 17.3 Å². The molecular weight excluding hydrogens is 312 g/mol. The van der Waals surface area contributed by atoms with Crippen LogP contribution in [0.5, 0.6) is 0 Å². The molecule has 0 aliphatic heterocycles. The first kappa shape index (κ1) is 10.1. The normalized spacial score (nSPS) is 15.3. The summed E-state index contributed by atoms with van der Waals surface area (Å²) in [6, 6.07) is 2.14. The fourth-order valence-corrected chi connectivity index (χ4v) is 1.61. The van der Waals surface area contributed by atoms with E-state index >= 15 is 0 Å². The zero-order valence-corrected chi connectivity index (χ0v) is 10.4. The van der Waals surface area contributed by atoms with Crippen molar-refractivity contribution in [3.63, 3.8) is 0 Å². The van der Waals surface area contributed by atoms with Gasteiger partial charge >= 0.3 is 0 Å².